The molecule has 0 fully saturated rings. The van der Waals surface area contributed by atoms with Crippen molar-refractivity contribution in [3.63, 3.8) is 0 Å². The van der Waals surface area contributed by atoms with Crippen molar-refractivity contribution in [3.8, 4) is 0 Å². The van der Waals surface area contributed by atoms with Gasteiger partial charge in [-0.25, -0.2) is 9.97 Å². The fraction of sp³-hybridized carbons (Fsp3) is 0.538. The van der Waals surface area contributed by atoms with Gasteiger partial charge in [0.2, 0.25) is 5.91 Å². The highest BCUT2D eigenvalue weighted by atomic mass is 32.2. The number of carbonyl (C=O) groups excluding carboxylic acids is 1. The normalized spacial score (nSPS) is 10.7. The van der Waals surface area contributed by atoms with Crippen LogP contribution in [0.3, 0.4) is 0 Å². The largest absolute Gasteiger partial charge is 0.356 e. The number of hydrogen-bond donors (Lipinski definition) is 2. The summed E-state index contributed by atoms with van der Waals surface area (Å²) < 4.78 is 0. The van der Waals surface area contributed by atoms with E-state index in [1.54, 1.807) is 23.1 Å². The first-order chi connectivity index (χ1) is 10.2. The second kappa shape index (κ2) is 8.78. The van der Waals surface area contributed by atoms with Gasteiger partial charge in [0.15, 0.2) is 0 Å². The molecule has 2 aromatic rings. The number of aryl methyl sites for hydroxylation is 2. The van der Waals surface area contributed by atoms with Crippen LogP contribution in [0.5, 0.6) is 0 Å². The van der Waals surface area contributed by atoms with E-state index >= 15 is 0 Å². The zero-order chi connectivity index (χ0) is 14.9. The fourth-order valence-corrected chi connectivity index (χ4v) is 3.29. The minimum Gasteiger partial charge on any atom is -0.356 e. The molecule has 0 spiro atoms. The standard InChI is InChI=1S/C13H19N5OS2/c1-10-17-11(8-21-10)7-20-6-4-13(19)14-5-2-3-12-15-9-16-18-12/h8-9H,2-7H2,1H3,(H,14,19)(H,15,16,18). The second-order valence-electron chi connectivity index (χ2n) is 4.55. The zero-order valence-electron chi connectivity index (χ0n) is 12.0. The molecule has 0 aliphatic carbocycles. The highest BCUT2D eigenvalue weighted by Gasteiger charge is 2.03. The van der Waals surface area contributed by atoms with Gasteiger partial charge in [-0.2, -0.15) is 16.9 Å². The van der Waals surface area contributed by atoms with E-state index in [4.69, 9.17) is 0 Å². The summed E-state index contributed by atoms with van der Waals surface area (Å²) in [5.41, 5.74) is 1.11. The summed E-state index contributed by atoms with van der Waals surface area (Å²) in [4.78, 5) is 20.1. The predicted molar refractivity (Wildman–Crippen MR) is 85.3 cm³/mol. The lowest BCUT2D eigenvalue weighted by atomic mass is 10.3. The van der Waals surface area contributed by atoms with E-state index in [2.05, 4.69) is 30.9 Å². The van der Waals surface area contributed by atoms with Gasteiger partial charge in [-0.05, 0) is 13.3 Å². The zero-order valence-corrected chi connectivity index (χ0v) is 13.6. The number of nitrogens with one attached hydrogen (secondary N) is 2. The van der Waals surface area contributed by atoms with Crippen LogP contribution < -0.4 is 5.32 Å². The van der Waals surface area contributed by atoms with Gasteiger partial charge in [0.05, 0.1) is 10.7 Å². The first kappa shape index (κ1) is 16.0. The maximum absolute atomic E-state index is 11.6. The predicted octanol–water partition coefficient (Wildman–Crippen LogP) is 1.94. The van der Waals surface area contributed by atoms with Crippen LogP contribution in [0.25, 0.3) is 0 Å². The Bertz CT molecular complexity index is 541. The van der Waals surface area contributed by atoms with Crippen LogP contribution in [0.4, 0.5) is 0 Å². The molecule has 2 N–H and O–H groups in total. The summed E-state index contributed by atoms with van der Waals surface area (Å²) in [5.74, 6) is 2.67. The van der Waals surface area contributed by atoms with Gasteiger partial charge in [0, 0.05) is 36.3 Å². The van der Waals surface area contributed by atoms with Crippen molar-refractivity contribution < 1.29 is 4.79 Å². The van der Waals surface area contributed by atoms with Crippen LogP contribution in [-0.2, 0) is 17.0 Å². The van der Waals surface area contributed by atoms with Crippen LogP contribution in [-0.4, -0.2) is 38.4 Å². The summed E-state index contributed by atoms with van der Waals surface area (Å²) >= 11 is 3.41. The van der Waals surface area contributed by atoms with E-state index in [-0.39, 0.29) is 5.91 Å². The molecule has 0 saturated heterocycles. The number of amides is 1. The number of rotatable bonds is 9. The van der Waals surface area contributed by atoms with Crippen molar-refractivity contribution in [1.29, 1.82) is 0 Å². The van der Waals surface area contributed by atoms with E-state index in [9.17, 15) is 4.79 Å². The number of aromatic nitrogens is 4. The quantitative estimate of drug-likeness (QED) is 0.688. The number of thioether (sulfide) groups is 1. The monoisotopic (exact) mass is 325 g/mol. The van der Waals surface area contributed by atoms with E-state index < -0.39 is 0 Å². The van der Waals surface area contributed by atoms with Gasteiger partial charge in [-0.3, -0.25) is 9.89 Å². The SMILES string of the molecule is Cc1nc(CSCCC(=O)NCCCc2ncn[nH]2)cs1. The lowest BCUT2D eigenvalue weighted by Crippen LogP contribution is -2.25. The molecule has 21 heavy (non-hydrogen) atoms. The summed E-state index contributed by atoms with van der Waals surface area (Å²) in [6.45, 7) is 2.68. The van der Waals surface area contributed by atoms with Gasteiger partial charge in [-0.15, -0.1) is 11.3 Å². The molecule has 0 aromatic carbocycles. The van der Waals surface area contributed by atoms with E-state index in [0.29, 0.717) is 13.0 Å². The van der Waals surface area contributed by atoms with Gasteiger partial charge in [0.25, 0.3) is 0 Å². The maximum atomic E-state index is 11.6. The minimum absolute atomic E-state index is 0.106. The molecule has 8 heteroatoms. The first-order valence-corrected chi connectivity index (χ1v) is 8.87. The number of hydrogen-bond acceptors (Lipinski definition) is 6. The molecule has 114 valence electrons. The molecule has 2 heterocycles. The second-order valence-corrected chi connectivity index (χ2v) is 6.71. The molecule has 6 nitrogen and oxygen atoms in total. The van der Waals surface area contributed by atoms with Crippen molar-refractivity contribution in [1.82, 2.24) is 25.5 Å². The molecular weight excluding hydrogens is 306 g/mol. The lowest BCUT2D eigenvalue weighted by molar-refractivity contribution is -0.120. The number of thiazole rings is 1. The van der Waals surface area contributed by atoms with Crippen molar-refractivity contribution in [2.45, 2.75) is 31.9 Å². The Morgan fingerprint density at radius 1 is 1.52 bits per heavy atom. The Balaban J connectivity index is 1.47. The molecule has 0 bridgehead atoms. The third-order valence-electron chi connectivity index (χ3n) is 2.77. The smallest absolute Gasteiger partial charge is 0.220 e. The van der Waals surface area contributed by atoms with Gasteiger partial charge < -0.3 is 5.32 Å². The van der Waals surface area contributed by atoms with Gasteiger partial charge in [-0.1, -0.05) is 0 Å². The number of aromatic amines is 1. The van der Waals surface area contributed by atoms with Crippen LogP contribution in [0.2, 0.25) is 0 Å². The third kappa shape index (κ3) is 6.26. The van der Waals surface area contributed by atoms with Crippen molar-refractivity contribution >= 4 is 29.0 Å². The highest BCUT2D eigenvalue weighted by molar-refractivity contribution is 7.98. The summed E-state index contributed by atoms with van der Waals surface area (Å²) in [6.07, 6.45) is 3.72. The molecule has 0 radical (unpaired) electrons. The number of nitrogens with zero attached hydrogens (tertiary/aromatic N) is 3. The van der Waals surface area contributed by atoms with E-state index in [0.717, 1.165) is 40.9 Å². The summed E-state index contributed by atoms with van der Waals surface area (Å²) in [5, 5.41) is 12.7. The van der Waals surface area contributed by atoms with Crippen LogP contribution in [0, 0.1) is 6.92 Å². The molecule has 0 atom stereocenters. The molecule has 0 aliphatic rings. The Morgan fingerprint density at radius 2 is 2.43 bits per heavy atom. The molecule has 2 rings (SSSR count). The lowest BCUT2D eigenvalue weighted by Gasteiger charge is -2.04. The summed E-state index contributed by atoms with van der Waals surface area (Å²) in [7, 11) is 0. The highest BCUT2D eigenvalue weighted by Crippen LogP contribution is 2.15. The number of carbonyl (C=O) groups is 1. The van der Waals surface area contributed by atoms with Crippen LogP contribution in [0.1, 0.15) is 29.4 Å². The van der Waals surface area contributed by atoms with Crippen LogP contribution >= 0.6 is 23.1 Å². The first-order valence-electron chi connectivity index (χ1n) is 6.84. The average molecular weight is 325 g/mol. The van der Waals surface area contributed by atoms with E-state index in [1.165, 1.54) is 6.33 Å². The molecule has 1 amide bonds. The topological polar surface area (TPSA) is 83.6 Å². The third-order valence-corrected chi connectivity index (χ3v) is 4.58. The number of H-pyrrole nitrogens is 1. The Morgan fingerprint density at radius 3 is 3.14 bits per heavy atom. The fourth-order valence-electron chi connectivity index (χ4n) is 1.74. The van der Waals surface area contributed by atoms with Crippen LogP contribution in [0.15, 0.2) is 11.7 Å². The molecule has 2 aromatic heterocycles. The molecule has 0 unspecified atom stereocenters. The molecule has 0 aliphatic heterocycles. The van der Waals surface area contributed by atoms with Crippen molar-refractivity contribution in [2.75, 3.05) is 12.3 Å². The summed E-state index contributed by atoms with van der Waals surface area (Å²) in [6, 6.07) is 0. The Labute approximate surface area is 132 Å². The minimum atomic E-state index is 0.106. The van der Waals surface area contributed by atoms with Crippen molar-refractivity contribution in [3.05, 3.63) is 28.2 Å². The van der Waals surface area contributed by atoms with Gasteiger partial charge in [0.1, 0.15) is 12.2 Å². The average Bonchev–Trinajstić information content (AvgIpc) is 3.11. The Kier molecular flexibility index (Phi) is 6.68. The maximum Gasteiger partial charge on any atom is 0.220 e. The molecule has 0 saturated carbocycles. The molecular formula is C13H19N5OS2. The Hall–Kier alpha value is -1.41. The van der Waals surface area contributed by atoms with Gasteiger partial charge >= 0.3 is 0 Å². The van der Waals surface area contributed by atoms with Crippen molar-refractivity contribution in [2.24, 2.45) is 0 Å². The van der Waals surface area contributed by atoms with E-state index in [1.807, 2.05) is 6.92 Å².